The molecule has 4 rings (SSSR count). The maximum absolute atomic E-state index is 13.1. The standard InChI is InChI=1S/C21H40N6O/c1-22-11-15-26(16-12-22)24-7-3-19(4-8-24)21(28)20-5-9-25(10-6-20)27-17-13-23(2)14-18-27/h19-20H,3-18H2,1-2H3. The van der Waals surface area contributed by atoms with Crippen LogP contribution >= 0.6 is 0 Å². The highest BCUT2D eigenvalue weighted by Crippen LogP contribution is 2.28. The maximum Gasteiger partial charge on any atom is 0.139 e. The molecular weight excluding hydrogens is 352 g/mol. The minimum Gasteiger partial charge on any atom is -0.304 e. The molecule has 0 aromatic rings. The Kier molecular flexibility index (Phi) is 7.02. The Hall–Kier alpha value is -0.570. The van der Waals surface area contributed by atoms with Gasteiger partial charge < -0.3 is 9.80 Å². The minimum atomic E-state index is 0.309. The fraction of sp³-hybridized carbons (Fsp3) is 0.952. The van der Waals surface area contributed by atoms with Gasteiger partial charge in [0.25, 0.3) is 0 Å². The first-order valence-electron chi connectivity index (χ1n) is 11.5. The van der Waals surface area contributed by atoms with E-state index < -0.39 is 0 Å². The molecule has 0 unspecified atom stereocenters. The summed E-state index contributed by atoms with van der Waals surface area (Å²) in [4.78, 5) is 17.9. The zero-order valence-corrected chi connectivity index (χ0v) is 18.1. The summed E-state index contributed by atoms with van der Waals surface area (Å²) in [6.45, 7) is 13.5. The normalized spacial score (nSPS) is 30.1. The molecular formula is C21H40N6O. The van der Waals surface area contributed by atoms with E-state index in [9.17, 15) is 4.79 Å². The van der Waals surface area contributed by atoms with Crippen molar-refractivity contribution in [1.82, 2.24) is 29.8 Å². The van der Waals surface area contributed by atoms with Gasteiger partial charge in [-0.05, 0) is 39.8 Å². The summed E-state index contributed by atoms with van der Waals surface area (Å²) in [6, 6.07) is 0. The Balaban J connectivity index is 1.19. The van der Waals surface area contributed by atoms with E-state index in [1.807, 2.05) is 0 Å². The Morgan fingerprint density at radius 2 is 0.786 bits per heavy atom. The molecule has 0 amide bonds. The summed E-state index contributed by atoms with van der Waals surface area (Å²) < 4.78 is 0. The van der Waals surface area contributed by atoms with E-state index in [4.69, 9.17) is 0 Å². The number of nitrogens with zero attached hydrogens (tertiary/aromatic N) is 6. The van der Waals surface area contributed by atoms with Gasteiger partial charge in [0.05, 0.1) is 0 Å². The third-order valence-electron chi connectivity index (χ3n) is 7.51. The van der Waals surface area contributed by atoms with Crippen LogP contribution in [0.1, 0.15) is 25.7 Å². The summed E-state index contributed by atoms with van der Waals surface area (Å²) >= 11 is 0. The van der Waals surface area contributed by atoms with Gasteiger partial charge in [-0.3, -0.25) is 4.79 Å². The quantitative estimate of drug-likeness (QED) is 0.681. The van der Waals surface area contributed by atoms with E-state index in [0.29, 0.717) is 17.6 Å². The number of carbonyl (C=O) groups is 1. The molecule has 4 heterocycles. The van der Waals surface area contributed by atoms with Crippen molar-refractivity contribution in [3.8, 4) is 0 Å². The molecule has 4 fully saturated rings. The van der Waals surface area contributed by atoms with Crippen LogP contribution in [0.5, 0.6) is 0 Å². The number of likely N-dealkylation sites (N-methyl/N-ethyl adjacent to an activating group) is 2. The van der Waals surface area contributed by atoms with E-state index >= 15 is 0 Å². The predicted octanol–water partition coefficient (Wildman–Crippen LogP) is 0.304. The van der Waals surface area contributed by atoms with Gasteiger partial charge in [-0.1, -0.05) is 0 Å². The first-order chi connectivity index (χ1) is 13.6. The highest BCUT2D eigenvalue weighted by molar-refractivity contribution is 5.83. The Morgan fingerprint density at radius 1 is 0.500 bits per heavy atom. The van der Waals surface area contributed by atoms with E-state index in [0.717, 1.165) is 104 Å². The van der Waals surface area contributed by atoms with Crippen molar-refractivity contribution in [1.29, 1.82) is 0 Å². The molecule has 7 heteroatoms. The molecule has 4 aliphatic heterocycles. The van der Waals surface area contributed by atoms with Crippen LogP contribution in [0.25, 0.3) is 0 Å². The average Bonchev–Trinajstić information content (AvgIpc) is 2.75. The van der Waals surface area contributed by atoms with Crippen molar-refractivity contribution in [3.05, 3.63) is 0 Å². The first kappa shape index (κ1) is 20.7. The van der Waals surface area contributed by atoms with Crippen molar-refractivity contribution >= 4 is 5.78 Å². The van der Waals surface area contributed by atoms with Crippen LogP contribution in [0.4, 0.5) is 0 Å². The van der Waals surface area contributed by atoms with Crippen LogP contribution in [-0.2, 0) is 4.79 Å². The fourth-order valence-corrected chi connectivity index (χ4v) is 5.36. The summed E-state index contributed by atoms with van der Waals surface area (Å²) in [5.41, 5.74) is 0. The molecule has 0 N–H and O–H groups in total. The van der Waals surface area contributed by atoms with Crippen LogP contribution < -0.4 is 0 Å². The molecule has 0 radical (unpaired) electrons. The maximum atomic E-state index is 13.1. The van der Waals surface area contributed by atoms with Crippen molar-refractivity contribution < 1.29 is 4.79 Å². The zero-order chi connectivity index (χ0) is 19.5. The molecule has 0 aromatic carbocycles. The second-order valence-corrected chi connectivity index (χ2v) is 9.37. The highest BCUT2D eigenvalue weighted by atomic mass is 16.1. The molecule has 28 heavy (non-hydrogen) atoms. The number of piperazine rings is 2. The lowest BCUT2D eigenvalue weighted by Crippen LogP contribution is -2.56. The molecule has 7 nitrogen and oxygen atoms in total. The molecule has 0 atom stereocenters. The van der Waals surface area contributed by atoms with Crippen molar-refractivity contribution in [2.24, 2.45) is 11.8 Å². The number of piperidine rings is 2. The second kappa shape index (κ2) is 9.49. The molecule has 0 bridgehead atoms. The summed E-state index contributed by atoms with van der Waals surface area (Å²) in [7, 11) is 4.41. The minimum absolute atomic E-state index is 0.309. The number of rotatable bonds is 4. The van der Waals surface area contributed by atoms with Crippen LogP contribution in [0, 0.1) is 11.8 Å². The van der Waals surface area contributed by atoms with Gasteiger partial charge in [0.2, 0.25) is 0 Å². The summed E-state index contributed by atoms with van der Waals surface area (Å²) in [5.74, 6) is 1.20. The Morgan fingerprint density at radius 3 is 1.11 bits per heavy atom. The Bertz CT molecular complexity index is 455. The number of hydrazine groups is 2. The van der Waals surface area contributed by atoms with Crippen molar-refractivity contribution in [2.75, 3.05) is 92.6 Å². The van der Waals surface area contributed by atoms with Gasteiger partial charge in [0.15, 0.2) is 0 Å². The molecule has 0 aromatic heterocycles. The van der Waals surface area contributed by atoms with Gasteiger partial charge >= 0.3 is 0 Å². The Labute approximate surface area is 171 Å². The number of ketones is 1. The van der Waals surface area contributed by atoms with E-state index in [1.54, 1.807) is 0 Å². The summed E-state index contributed by atoms with van der Waals surface area (Å²) in [6.07, 6.45) is 4.24. The van der Waals surface area contributed by atoms with E-state index in [2.05, 4.69) is 43.9 Å². The second-order valence-electron chi connectivity index (χ2n) is 9.37. The highest BCUT2D eigenvalue weighted by Gasteiger charge is 2.35. The summed E-state index contributed by atoms with van der Waals surface area (Å²) in [5, 5.41) is 10.1. The van der Waals surface area contributed by atoms with E-state index in [1.165, 1.54) is 0 Å². The average molecular weight is 393 g/mol. The molecule has 4 saturated heterocycles. The predicted molar refractivity (Wildman–Crippen MR) is 112 cm³/mol. The zero-order valence-electron chi connectivity index (χ0n) is 18.1. The number of carbonyl (C=O) groups excluding carboxylic acids is 1. The lowest BCUT2D eigenvalue weighted by atomic mass is 9.82. The fourth-order valence-electron chi connectivity index (χ4n) is 5.36. The topological polar surface area (TPSA) is 36.5 Å². The smallest absolute Gasteiger partial charge is 0.139 e. The third-order valence-corrected chi connectivity index (χ3v) is 7.51. The van der Waals surface area contributed by atoms with Gasteiger partial charge in [0, 0.05) is 90.4 Å². The van der Waals surface area contributed by atoms with Crippen LogP contribution in [0.15, 0.2) is 0 Å². The molecule has 160 valence electrons. The monoisotopic (exact) mass is 392 g/mol. The molecule has 0 aliphatic carbocycles. The van der Waals surface area contributed by atoms with Gasteiger partial charge in [-0.15, -0.1) is 0 Å². The van der Waals surface area contributed by atoms with Gasteiger partial charge in [0.1, 0.15) is 5.78 Å². The third kappa shape index (κ3) is 4.94. The molecule has 0 spiro atoms. The van der Waals surface area contributed by atoms with Gasteiger partial charge in [-0.25, -0.2) is 20.0 Å². The van der Waals surface area contributed by atoms with Crippen LogP contribution in [0.2, 0.25) is 0 Å². The van der Waals surface area contributed by atoms with Crippen LogP contribution in [-0.4, -0.2) is 128 Å². The van der Waals surface area contributed by atoms with Crippen LogP contribution in [0.3, 0.4) is 0 Å². The SMILES string of the molecule is CN1CCN(N2CCC(C(=O)C3CCN(N4CCN(C)CC4)CC3)CC2)CC1. The van der Waals surface area contributed by atoms with Crippen molar-refractivity contribution in [3.63, 3.8) is 0 Å². The largest absolute Gasteiger partial charge is 0.304 e. The van der Waals surface area contributed by atoms with Gasteiger partial charge in [-0.2, -0.15) is 0 Å². The molecule has 0 saturated carbocycles. The number of hydrogen-bond acceptors (Lipinski definition) is 7. The first-order valence-corrected chi connectivity index (χ1v) is 11.5. The number of Topliss-reactive ketones (excluding diaryl/α,β-unsaturated/α-hetero) is 1. The molecule has 4 aliphatic rings. The van der Waals surface area contributed by atoms with Crippen molar-refractivity contribution in [2.45, 2.75) is 25.7 Å². The number of hydrogen-bond donors (Lipinski definition) is 0. The lowest BCUT2D eigenvalue weighted by Gasteiger charge is -2.45. The van der Waals surface area contributed by atoms with E-state index in [-0.39, 0.29) is 0 Å². The lowest BCUT2D eigenvalue weighted by molar-refractivity contribution is -0.136.